The molecular formula is C47H43ClF8N4O5S. The van der Waals surface area contributed by atoms with E-state index in [1.807, 2.05) is 0 Å². The van der Waals surface area contributed by atoms with Crippen LogP contribution in [0.4, 0.5) is 57.9 Å². The standard InChI is InChI=1S/C23H20F4N2O2.C16H15F4NO.C7H4ClNO2S.CH4/c1-13-10-17(22(31,23(25,26)27)16-6-8-18(24)9-7-16)11-14(2)20(13)29-21(30)15-4-3-5-19(28)12-15;1-9-7-12(8-10(2)14(9)21)15(22,16(18,19)20)11-3-5-13(17)6-4-11;8-7(10)5-2-1-3-6(4-5)9-12-11;/h3-12,31H,28H2,1-2H3,(H,29,30);3-8,22H,21H2,1-2H3;1-4H;1H4. The van der Waals surface area contributed by atoms with Gasteiger partial charge in [0.1, 0.15) is 11.6 Å². The molecule has 66 heavy (non-hydrogen) atoms. The van der Waals surface area contributed by atoms with Gasteiger partial charge in [-0.25, -0.2) is 8.78 Å². The largest absolute Gasteiger partial charge is 0.425 e. The minimum absolute atomic E-state index is 0. The molecule has 2 atom stereocenters. The number of nitrogens with two attached hydrogens (primary N) is 2. The van der Waals surface area contributed by atoms with E-state index in [-0.39, 0.29) is 24.5 Å². The summed E-state index contributed by atoms with van der Waals surface area (Å²) in [5, 5.41) is 23.3. The Balaban J connectivity index is 0.000000287. The zero-order chi connectivity index (χ0) is 48.7. The van der Waals surface area contributed by atoms with E-state index < -0.39 is 63.0 Å². The lowest BCUT2D eigenvalue weighted by Gasteiger charge is -2.32. The summed E-state index contributed by atoms with van der Waals surface area (Å²) in [7, 11) is 0. The topological polar surface area (TPSA) is 168 Å². The zero-order valence-corrected chi connectivity index (χ0v) is 36.2. The molecule has 0 bridgehead atoms. The van der Waals surface area contributed by atoms with Crippen LogP contribution < -0.4 is 16.8 Å². The molecular weight excluding hydrogens is 920 g/mol. The normalized spacial score (nSPS) is 12.9. The van der Waals surface area contributed by atoms with Crippen molar-refractivity contribution in [3.63, 3.8) is 0 Å². The van der Waals surface area contributed by atoms with Crippen LogP contribution in [0.2, 0.25) is 0 Å². The van der Waals surface area contributed by atoms with Gasteiger partial charge in [0.15, 0.2) is 0 Å². The van der Waals surface area contributed by atoms with Crippen LogP contribution in [0.15, 0.2) is 126 Å². The maximum atomic E-state index is 14.0. The fraction of sp³-hybridized carbons (Fsp3) is 0.191. The molecule has 6 aromatic carbocycles. The molecule has 7 N–H and O–H groups in total. The summed E-state index contributed by atoms with van der Waals surface area (Å²) in [4.78, 5) is 23.2. The van der Waals surface area contributed by atoms with Crippen LogP contribution in [-0.4, -0.2) is 37.9 Å². The van der Waals surface area contributed by atoms with Crippen molar-refractivity contribution in [1.29, 1.82) is 0 Å². The van der Waals surface area contributed by atoms with Crippen molar-refractivity contribution in [2.24, 2.45) is 4.36 Å². The van der Waals surface area contributed by atoms with E-state index in [9.17, 15) is 59.1 Å². The number of rotatable bonds is 8. The highest BCUT2D eigenvalue weighted by Crippen LogP contribution is 2.47. The highest BCUT2D eigenvalue weighted by molar-refractivity contribution is 7.54. The molecule has 6 rings (SSSR count). The number of carbonyl (C=O) groups excluding carboxylic acids is 2. The van der Waals surface area contributed by atoms with Crippen LogP contribution in [0.5, 0.6) is 0 Å². The van der Waals surface area contributed by atoms with E-state index in [1.165, 1.54) is 38.1 Å². The van der Waals surface area contributed by atoms with Crippen molar-refractivity contribution >= 4 is 57.0 Å². The molecule has 0 saturated heterocycles. The molecule has 0 saturated carbocycles. The first-order valence-electron chi connectivity index (χ1n) is 18.8. The Morgan fingerprint density at radius 1 is 0.606 bits per heavy atom. The molecule has 9 nitrogen and oxygen atoms in total. The van der Waals surface area contributed by atoms with Crippen molar-refractivity contribution in [2.75, 3.05) is 16.8 Å². The highest BCUT2D eigenvalue weighted by atomic mass is 35.5. The van der Waals surface area contributed by atoms with Gasteiger partial charge in [-0.1, -0.05) is 68.1 Å². The van der Waals surface area contributed by atoms with Gasteiger partial charge >= 0.3 is 12.4 Å². The SMILES string of the molecule is C.Cc1cc(C(O)(c2ccc(F)cc2)C(F)(F)F)cc(C)c1N.Cc1cc(C(O)(c2ccc(F)cc2)C(F)(F)F)cc(C)c1NC(=O)c1cccc(N)c1.O=S=Nc1cccc(C(=O)Cl)c1. The lowest BCUT2D eigenvalue weighted by Crippen LogP contribution is -2.43. The second-order valence-corrected chi connectivity index (χ2v) is 15.2. The van der Waals surface area contributed by atoms with Crippen LogP contribution in [-0.2, 0) is 22.7 Å². The smallest absolute Gasteiger partial charge is 0.399 e. The third-order valence-electron chi connectivity index (χ3n) is 9.91. The van der Waals surface area contributed by atoms with Gasteiger partial charge < -0.3 is 27.0 Å². The first kappa shape index (κ1) is 53.9. The molecule has 19 heteroatoms. The van der Waals surface area contributed by atoms with E-state index in [0.717, 1.165) is 60.7 Å². The van der Waals surface area contributed by atoms with Gasteiger partial charge in [0, 0.05) is 28.2 Å². The average Bonchev–Trinajstić information content (AvgIpc) is 3.23. The number of aryl methyl sites for hydroxylation is 4. The number of carbonyl (C=O) groups is 2. The first-order chi connectivity index (χ1) is 30.2. The van der Waals surface area contributed by atoms with Crippen LogP contribution >= 0.6 is 11.6 Å². The summed E-state index contributed by atoms with van der Waals surface area (Å²) in [6, 6.07) is 24.3. The van der Waals surface area contributed by atoms with Crippen molar-refractivity contribution in [3.8, 4) is 0 Å². The Morgan fingerprint density at radius 3 is 1.41 bits per heavy atom. The predicted molar refractivity (Wildman–Crippen MR) is 240 cm³/mol. The van der Waals surface area contributed by atoms with Crippen molar-refractivity contribution in [3.05, 3.63) is 189 Å². The second kappa shape index (κ2) is 21.7. The number of hydrogen-bond acceptors (Lipinski definition) is 8. The van der Waals surface area contributed by atoms with Gasteiger partial charge in [-0.3, -0.25) is 9.59 Å². The molecule has 0 aliphatic carbocycles. The van der Waals surface area contributed by atoms with Crippen LogP contribution in [0.3, 0.4) is 0 Å². The summed E-state index contributed by atoms with van der Waals surface area (Å²) in [6.07, 6.45) is -10.0. The fourth-order valence-electron chi connectivity index (χ4n) is 6.52. The van der Waals surface area contributed by atoms with Crippen LogP contribution in [0, 0.1) is 39.3 Å². The predicted octanol–water partition coefficient (Wildman–Crippen LogP) is 11.6. The number of aliphatic hydroxyl groups is 2. The number of amides is 1. The Hall–Kier alpha value is -6.47. The molecule has 0 aliphatic heterocycles. The van der Waals surface area contributed by atoms with E-state index in [4.69, 9.17) is 23.1 Å². The highest BCUT2D eigenvalue weighted by Gasteiger charge is 2.57. The number of hydrogen-bond donors (Lipinski definition) is 5. The number of halogens is 9. The van der Waals surface area contributed by atoms with Gasteiger partial charge in [-0.05, 0) is 144 Å². The minimum Gasteiger partial charge on any atom is -0.399 e. The minimum atomic E-state index is -5.07. The quantitative estimate of drug-likeness (QED) is 0.0575. The molecule has 1 amide bonds. The Kier molecular flexibility index (Phi) is 17.7. The lowest BCUT2D eigenvalue weighted by molar-refractivity contribution is -0.248. The number of nitrogens with zero attached hydrogens (tertiary/aromatic N) is 1. The number of nitrogen functional groups attached to an aromatic ring is 2. The molecule has 0 spiro atoms. The van der Waals surface area contributed by atoms with Gasteiger partial charge in [0.05, 0.1) is 5.69 Å². The maximum Gasteiger partial charge on any atom is 0.425 e. The molecule has 6 aromatic rings. The van der Waals surface area contributed by atoms with Crippen molar-refractivity contribution in [2.45, 2.75) is 58.7 Å². The first-order valence-corrected chi connectivity index (χ1v) is 19.9. The second-order valence-electron chi connectivity index (χ2n) is 14.5. The summed E-state index contributed by atoms with van der Waals surface area (Å²) >= 11 is 5.31. The number of anilines is 3. The van der Waals surface area contributed by atoms with E-state index in [0.29, 0.717) is 56.1 Å². The Morgan fingerprint density at radius 2 is 1.02 bits per heavy atom. The van der Waals surface area contributed by atoms with Crippen molar-refractivity contribution < 1.29 is 59.1 Å². The molecule has 0 aliphatic rings. The zero-order valence-electron chi connectivity index (χ0n) is 34.6. The Bertz CT molecular complexity index is 2690. The summed E-state index contributed by atoms with van der Waals surface area (Å²) < 4.78 is 122. The summed E-state index contributed by atoms with van der Waals surface area (Å²) in [6.45, 7) is 6.17. The lowest BCUT2D eigenvalue weighted by atomic mass is 9.83. The fourth-order valence-corrected chi connectivity index (χ4v) is 6.83. The molecule has 2 unspecified atom stereocenters. The summed E-state index contributed by atoms with van der Waals surface area (Å²) in [5.41, 5.74) is 6.74. The third-order valence-corrected chi connectivity index (χ3v) is 10.4. The van der Waals surface area contributed by atoms with Gasteiger partial charge in [0.25, 0.3) is 11.1 Å². The van der Waals surface area contributed by atoms with Crippen LogP contribution in [0.1, 0.15) is 72.7 Å². The molecule has 0 fully saturated rings. The van der Waals surface area contributed by atoms with Crippen LogP contribution in [0.25, 0.3) is 0 Å². The number of nitrogens with one attached hydrogen (secondary N) is 1. The van der Waals surface area contributed by atoms with Gasteiger partial charge in [-0.2, -0.15) is 34.9 Å². The monoisotopic (exact) mass is 962 g/mol. The molecule has 0 radical (unpaired) electrons. The average molecular weight is 963 g/mol. The molecule has 0 aromatic heterocycles. The number of benzene rings is 6. The third kappa shape index (κ3) is 12.2. The molecule has 350 valence electrons. The summed E-state index contributed by atoms with van der Waals surface area (Å²) in [5.74, 6) is -1.88. The van der Waals surface area contributed by atoms with E-state index in [2.05, 4.69) is 9.68 Å². The maximum absolute atomic E-state index is 14.0. The number of alkyl halides is 6. The van der Waals surface area contributed by atoms with Gasteiger partial charge in [0.2, 0.25) is 22.7 Å². The Labute approximate surface area is 383 Å². The van der Waals surface area contributed by atoms with E-state index in [1.54, 1.807) is 50.2 Å². The molecule has 0 heterocycles. The van der Waals surface area contributed by atoms with Crippen molar-refractivity contribution in [1.82, 2.24) is 0 Å². The van der Waals surface area contributed by atoms with E-state index >= 15 is 0 Å². The van der Waals surface area contributed by atoms with Gasteiger partial charge in [-0.15, -0.1) is 0 Å².